The first-order chi connectivity index (χ1) is 15.2. The van der Waals surface area contributed by atoms with Gasteiger partial charge < -0.3 is 14.6 Å². The average Bonchev–Trinajstić information content (AvgIpc) is 3.18. The van der Waals surface area contributed by atoms with Gasteiger partial charge in [0.25, 0.3) is 0 Å². The van der Waals surface area contributed by atoms with Crippen molar-refractivity contribution >= 4 is 28.7 Å². The minimum absolute atomic E-state index is 0.0190. The third-order valence-corrected chi connectivity index (χ3v) is 6.02. The maximum atomic E-state index is 12.4. The molecule has 0 aliphatic rings. The lowest BCUT2D eigenvalue weighted by Crippen LogP contribution is -2.24. The van der Waals surface area contributed by atoms with E-state index in [0.29, 0.717) is 12.3 Å². The molecule has 4 rings (SSSR count). The summed E-state index contributed by atoms with van der Waals surface area (Å²) < 4.78 is 7.45. The van der Waals surface area contributed by atoms with Gasteiger partial charge in [-0.1, -0.05) is 66.4 Å². The van der Waals surface area contributed by atoms with Crippen LogP contribution in [0.4, 0.5) is 0 Å². The minimum Gasteiger partial charge on any atom is -0.497 e. The molecule has 1 aromatic heterocycles. The fraction of sp³-hybridized carbons (Fsp3) is 0.200. The topological polar surface area (TPSA) is 56.1 Å². The first-order valence-electron chi connectivity index (χ1n) is 10.2. The molecular weight excluding hydrogens is 406 g/mol. The molecule has 0 unspecified atom stereocenters. The molecule has 5 nitrogen and oxygen atoms in total. The SMILES string of the molecule is COc1cccc(CNC(=O)CSc2nc3ccccc3n2CCc2ccccc2)c1. The second-order valence-corrected chi connectivity index (χ2v) is 8.13. The van der Waals surface area contributed by atoms with Gasteiger partial charge in [-0.05, 0) is 41.8 Å². The Morgan fingerprint density at radius 3 is 2.61 bits per heavy atom. The number of amides is 1. The lowest BCUT2D eigenvalue weighted by atomic mass is 10.1. The van der Waals surface area contributed by atoms with E-state index in [4.69, 9.17) is 9.72 Å². The van der Waals surface area contributed by atoms with Gasteiger partial charge in [-0.15, -0.1) is 0 Å². The van der Waals surface area contributed by atoms with Gasteiger partial charge >= 0.3 is 0 Å². The molecule has 4 aromatic rings. The number of hydrogen-bond donors (Lipinski definition) is 1. The zero-order chi connectivity index (χ0) is 21.5. The molecule has 31 heavy (non-hydrogen) atoms. The van der Waals surface area contributed by atoms with Crippen LogP contribution in [0.1, 0.15) is 11.1 Å². The van der Waals surface area contributed by atoms with Crippen LogP contribution in [0, 0.1) is 0 Å². The van der Waals surface area contributed by atoms with Gasteiger partial charge in [0.05, 0.1) is 23.9 Å². The minimum atomic E-state index is -0.0190. The summed E-state index contributed by atoms with van der Waals surface area (Å²) in [5.41, 5.74) is 4.34. The van der Waals surface area contributed by atoms with Crippen molar-refractivity contribution in [3.8, 4) is 5.75 Å². The highest BCUT2D eigenvalue weighted by atomic mass is 32.2. The van der Waals surface area contributed by atoms with Crippen molar-refractivity contribution in [3.63, 3.8) is 0 Å². The number of imidazole rings is 1. The Hall–Kier alpha value is -3.25. The van der Waals surface area contributed by atoms with Crippen LogP contribution in [0.2, 0.25) is 0 Å². The zero-order valence-corrected chi connectivity index (χ0v) is 18.3. The standard InChI is InChI=1S/C25H25N3O2S/c1-30-21-11-7-10-20(16-21)17-26-24(29)18-31-25-27-22-12-5-6-13-23(22)28(25)15-14-19-8-3-2-4-9-19/h2-13,16H,14-15,17-18H2,1H3,(H,26,29). The summed E-state index contributed by atoms with van der Waals surface area (Å²) in [6, 6.07) is 26.2. The Kier molecular flexibility index (Phi) is 6.89. The van der Waals surface area contributed by atoms with Crippen molar-refractivity contribution in [3.05, 3.63) is 90.0 Å². The number of aryl methyl sites for hydroxylation is 2. The summed E-state index contributed by atoms with van der Waals surface area (Å²) in [4.78, 5) is 17.2. The number of ether oxygens (including phenoxy) is 1. The first-order valence-corrected chi connectivity index (χ1v) is 11.2. The van der Waals surface area contributed by atoms with Crippen molar-refractivity contribution in [1.82, 2.24) is 14.9 Å². The van der Waals surface area contributed by atoms with Crippen LogP contribution in [0.25, 0.3) is 11.0 Å². The number of nitrogens with zero attached hydrogens (tertiary/aromatic N) is 2. The summed E-state index contributed by atoms with van der Waals surface area (Å²) in [6.45, 7) is 1.29. The number of aromatic nitrogens is 2. The van der Waals surface area contributed by atoms with E-state index in [1.54, 1.807) is 7.11 Å². The Morgan fingerprint density at radius 2 is 1.77 bits per heavy atom. The largest absolute Gasteiger partial charge is 0.497 e. The van der Waals surface area contributed by atoms with Gasteiger partial charge in [-0.3, -0.25) is 4.79 Å². The van der Waals surface area contributed by atoms with Gasteiger partial charge in [0.15, 0.2) is 5.16 Å². The molecule has 0 bridgehead atoms. The van der Waals surface area contributed by atoms with Crippen LogP contribution in [0.5, 0.6) is 5.75 Å². The highest BCUT2D eigenvalue weighted by molar-refractivity contribution is 7.99. The van der Waals surface area contributed by atoms with Crippen LogP contribution in [-0.4, -0.2) is 28.3 Å². The Morgan fingerprint density at radius 1 is 1.00 bits per heavy atom. The number of benzene rings is 3. The maximum Gasteiger partial charge on any atom is 0.230 e. The zero-order valence-electron chi connectivity index (χ0n) is 17.5. The molecule has 0 radical (unpaired) electrons. The van der Waals surface area contributed by atoms with E-state index >= 15 is 0 Å². The van der Waals surface area contributed by atoms with E-state index in [2.05, 4.69) is 40.2 Å². The molecule has 0 saturated heterocycles. The Bertz CT molecular complexity index is 1160. The van der Waals surface area contributed by atoms with Crippen LogP contribution < -0.4 is 10.1 Å². The van der Waals surface area contributed by atoms with E-state index in [0.717, 1.165) is 40.5 Å². The molecule has 0 aliphatic carbocycles. The first kappa shape index (κ1) is 21.0. The number of thioether (sulfide) groups is 1. The fourth-order valence-corrected chi connectivity index (χ4v) is 4.30. The fourth-order valence-electron chi connectivity index (χ4n) is 3.43. The van der Waals surface area contributed by atoms with E-state index in [1.807, 2.05) is 48.5 Å². The van der Waals surface area contributed by atoms with E-state index < -0.39 is 0 Å². The van der Waals surface area contributed by atoms with Crippen LogP contribution >= 0.6 is 11.8 Å². The van der Waals surface area contributed by atoms with Gasteiger partial charge in [-0.2, -0.15) is 0 Å². The van der Waals surface area contributed by atoms with Crippen LogP contribution in [0.3, 0.4) is 0 Å². The predicted octanol–water partition coefficient (Wildman–Crippen LogP) is 4.70. The predicted molar refractivity (Wildman–Crippen MR) is 125 cm³/mol. The van der Waals surface area contributed by atoms with Crippen molar-refractivity contribution in [1.29, 1.82) is 0 Å². The molecule has 0 aliphatic heterocycles. The molecule has 0 saturated carbocycles. The van der Waals surface area contributed by atoms with Crippen LogP contribution in [-0.2, 0) is 24.3 Å². The molecule has 1 amide bonds. The van der Waals surface area contributed by atoms with Gasteiger partial charge in [0, 0.05) is 13.1 Å². The quantitative estimate of drug-likeness (QED) is 0.391. The molecule has 6 heteroatoms. The summed E-state index contributed by atoms with van der Waals surface area (Å²) in [5.74, 6) is 1.08. The second-order valence-electron chi connectivity index (χ2n) is 7.19. The number of carbonyl (C=O) groups is 1. The summed E-state index contributed by atoms with van der Waals surface area (Å²) >= 11 is 1.47. The smallest absolute Gasteiger partial charge is 0.230 e. The number of para-hydroxylation sites is 2. The Balaban J connectivity index is 1.40. The van der Waals surface area contributed by atoms with Gasteiger partial charge in [0.2, 0.25) is 5.91 Å². The van der Waals surface area contributed by atoms with Crippen molar-refractivity contribution in [2.45, 2.75) is 24.7 Å². The third-order valence-electron chi connectivity index (χ3n) is 5.04. The lowest BCUT2D eigenvalue weighted by Gasteiger charge is -2.10. The van der Waals surface area contributed by atoms with E-state index in [9.17, 15) is 4.79 Å². The van der Waals surface area contributed by atoms with Crippen LogP contribution in [0.15, 0.2) is 84.0 Å². The summed E-state index contributed by atoms with van der Waals surface area (Å²) in [7, 11) is 1.64. The van der Waals surface area contributed by atoms with Crippen molar-refractivity contribution in [2.75, 3.05) is 12.9 Å². The molecule has 3 aromatic carbocycles. The van der Waals surface area contributed by atoms with Crippen molar-refractivity contribution < 1.29 is 9.53 Å². The second kappa shape index (κ2) is 10.2. The molecule has 158 valence electrons. The number of methoxy groups -OCH3 is 1. The third kappa shape index (κ3) is 5.47. The van der Waals surface area contributed by atoms with Gasteiger partial charge in [-0.25, -0.2) is 4.98 Å². The van der Waals surface area contributed by atoms with Crippen molar-refractivity contribution in [2.24, 2.45) is 0 Å². The molecule has 0 fully saturated rings. The number of fused-ring (bicyclic) bond motifs is 1. The highest BCUT2D eigenvalue weighted by Crippen LogP contribution is 2.24. The molecule has 1 N–H and O–H groups in total. The van der Waals surface area contributed by atoms with E-state index in [1.165, 1.54) is 17.3 Å². The average molecular weight is 432 g/mol. The highest BCUT2D eigenvalue weighted by Gasteiger charge is 2.13. The number of hydrogen-bond acceptors (Lipinski definition) is 4. The monoisotopic (exact) mass is 431 g/mol. The maximum absolute atomic E-state index is 12.4. The lowest BCUT2D eigenvalue weighted by molar-refractivity contribution is -0.118. The number of nitrogens with one attached hydrogen (secondary N) is 1. The normalized spacial score (nSPS) is 10.9. The summed E-state index contributed by atoms with van der Waals surface area (Å²) in [6.07, 6.45) is 0.913. The van der Waals surface area contributed by atoms with Gasteiger partial charge in [0.1, 0.15) is 5.75 Å². The molecule has 1 heterocycles. The Labute approximate surface area is 186 Å². The summed E-state index contributed by atoms with van der Waals surface area (Å²) in [5, 5.41) is 3.85. The molecule has 0 atom stereocenters. The number of carbonyl (C=O) groups excluding carboxylic acids is 1. The van der Waals surface area contributed by atoms with E-state index in [-0.39, 0.29) is 5.91 Å². The molecule has 0 spiro atoms. The number of rotatable bonds is 9. The molecular formula is C25H25N3O2S.